The van der Waals surface area contributed by atoms with E-state index in [1.54, 1.807) is 0 Å². The van der Waals surface area contributed by atoms with E-state index in [0.29, 0.717) is 38.4 Å². The molecule has 0 saturated carbocycles. The van der Waals surface area contributed by atoms with Crippen LogP contribution in [0.1, 0.15) is 25.6 Å². The van der Waals surface area contributed by atoms with Gasteiger partial charge in [-0.05, 0) is 6.07 Å². The van der Waals surface area contributed by atoms with Crippen molar-refractivity contribution in [1.29, 1.82) is 0 Å². The molecule has 3 heterocycles. The van der Waals surface area contributed by atoms with Crippen LogP contribution >= 0.6 is 0 Å². The zero-order valence-corrected chi connectivity index (χ0v) is 13.8. The molecule has 3 aromatic rings. The second-order valence-electron chi connectivity index (χ2n) is 6.52. The Labute approximate surface area is 140 Å². The number of hydrogen-bond donors (Lipinski definition) is 2. The second kappa shape index (κ2) is 5.72. The molecule has 4 rings (SSSR count). The molecule has 2 aromatic heterocycles. The first kappa shape index (κ1) is 15.4. The number of ether oxygens (including phenoxy) is 1. The van der Waals surface area contributed by atoms with Crippen LogP contribution in [0.5, 0.6) is 0 Å². The molecule has 0 bridgehead atoms. The largest absolute Gasteiger partial charge is 0.388 e. The summed E-state index contributed by atoms with van der Waals surface area (Å²) in [6, 6.07) is 7.94. The zero-order valence-electron chi connectivity index (χ0n) is 13.8. The van der Waals surface area contributed by atoms with Crippen LogP contribution in [0.3, 0.4) is 0 Å². The number of aromatic nitrogens is 3. The summed E-state index contributed by atoms with van der Waals surface area (Å²) in [5.74, 6) is 1.37. The normalized spacial score (nSPS) is 17.6. The number of fused-ring (bicyclic) bond motifs is 3. The molecule has 6 heteroatoms. The summed E-state index contributed by atoms with van der Waals surface area (Å²) in [6.45, 7) is 3.76. The molecule has 0 aliphatic carbocycles. The van der Waals surface area contributed by atoms with Gasteiger partial charge in [0.15, 0.2) is 5.82 Å². The molecule has 1 aliphatic rings. The molecule has 3 N–H and O–H groups in total. The number of pyridine rings is 1. The summed E-state index contributed by atoms with van der Waals surface area (Å²) in [6.07, 6.45) is 2.04. The SMILES string of the molecule is CCc1nc2c(N)nc3ccccc3c2n1CC1(O)CCOCC1. The van der Waals surface area contributed by atoms with Crippen LogP contribution in [-0.2, 0) is 17.7 Å². The number of benzene rings is 1. The Bertz CT molecular complexity index is 897. The third kappa shape index (κ3) is 2.42. The fraction of sp³-hybridized carbons (Fsp3) is 0.444. The van der Waals surface area contributed by atoms with Crippen molar-refractivity contribution < 1.29 is 9.84 Å². The summed E-state index contributed by atoms with van der Waals surface area (Å²) in [7, 11) is 0. The molecule has 1 saturated heterocycles. The number of anilines is 1. The lowest BCUT2D eigenvalue weighted by molar-refractivity contribution is -0.0725. The van der Waals surface area contributed by atoms with Gasteiger partial charge in [-0.3, -0.25) is 0 Å². The first-order valence-electron chi connectivity index (χ1n) is 8.45. The lowest BCUT2D eigenvalue weighted by Gasteiger charge is -2.33. The Kier molecular flexibility index (Phi) is 3.66. The Morgan fingerprint density at radius 1 is 1.25 bits per heavy atom. The summed E-state index contributed by atoms with van der Waals surface area (Å²) in [5.41, 5.74) is 7.93. The minimum absolute atomic E-state index is 0.441. The number of aliphatic hydroxyl groups is 1. The van der Waals surface area contributed by atoms with Gasteiger partial charge in [-0.2, -0.15) is 0 Å². The maximum atomic E-state index is 11.0. The average Bonchev–Trinajstić information content (AvgIpc) is 2.94. The summed E-state index contributed by atoms with van der Waals surface area (Å²) in [5, 5.41) is 12.0. The highest BCUT2D eigenvalue weighted by atomic mass is 16.5. The first-order chi connectivity index (χ1) is 11.6. The number of para-hydroxylation sites is 1. The molecule has 0 spiro atoms. The number of aryl methyl sites for hydroxylation is 1. The highest BCUT2D eigenvalue weighted by Crippen LogP contribution is 2.32. The van der Waals surface area contributed by atoms with E-state index in [4.69, 9.17) is 15.5 Å². The van der Waals surface area contributed by atoms with E-state index in [1.807, 2.05) is 24.3 Å². The number of hydrogen-bond acceptors (Lipinski definition) is 5. The van der Waals surface area contributed by atoms with E-state index in [1.165, 1.54) is 0 Å². The van der Waals surface area contributed by atoms with Gasteiger partial charge in [0.25, 0.3) is 0 Å². The topological polar surface area (TPSA) is 86.2 Å². The van der Waals surface area contributed by atoms with Crippen LogP contribution in [0.2, 0.25) is 0 Å². The van der Waals surface area contributed by atoms with Crippen LogP contribution in [0.15, 0.2) is 24.3 Å². The Hall–Kier alpha value is -2.18. The smallest absolute Gasteiger partial charge is 0.152 e. The number of nitrogens with zero attached hydrogens (tertiary/aromatic N) is 3. The van der Waals surface area contributed by atoms with Crippen LogP contribution in [-0.4, -0.2) is 38.5 Å². The fourth-order valence-electron chi connectivity index (χ4n) is 3.55. The molecule has 1 aromatic carbocycles. The predicted molar refractivity (Wildman–Crippen MR) is 93.8 cm³/mol. The van der Waals surface area contributed by atoms with Crippen molar-refractivity contribution in [3.8, 4) is 0 Å². The lowest BCUT2D eigenvalue weighted by atomic mass is 9.94. The van der Waals surface area contributed by atoms with E-state index in [0.717, 1.165) is 34.2 Å². The molecular weight excluding hydrogens is 304 g/mol. The molecule has 24 heavy (non-hydrogen) atoms. The fourth-order valence-corrected chi connectivity index (χ4v) is 3.55. The molecule has 126 valence electrons. The molecule has 0 amide bonds. The van der Waals surface area contributed by atoms with Gasteiger partial charge in [-0.1, -0.05) is 25.1 Å². The third-order valence-electron chi connectivity index (χ3n) is 4.88. The Morgan fingerprint density at radius 2 is 2.00 bits per heavy atom. The third-order valence-corrected chi connectivity index (χ3v) is 4.88. The second-order valence-corrected chi connectivity index (χ2v) is 6.52. The minimum Gasteiger partial charge on any atom is -0.388 e. The predicted octanol–water partition coefficient (Wildman–Crippen LogP) is 2.27. The van der Waals surface area contributed by atoms with E-state index in [-0.39, 0.29) is 0 Å². The van der Waals surface area contributed by atoms with Crippen molar-refractivity contribution >= 4 is 27.8 Å². The quantitative estimate of drug-likeness (QED) is 0.771. The van der Waals surface area contributed by atoms with Crippen LogP contribution < -0.4 is 5.73 Å². The van der Waals surface area contributed by atoms with Crippen molar-refractivity contribution in [3.63, 3.8) is 0 Å². The molecule has 6 nitrogen and oxygen atoms in total. The number of nitrogens with two attached hydrogens (primary N) is 1. The zero-order chi connectivity index (χ0) is 16.7. The van der Waals surface area contributed by atoms with E-state index in [9.17, 15) is 5.11 Å². The van der Waals surface area contributed by atoms with E-state index >= 15 is 0 Å². The Balaban J connectivity index is 1.95. The van der Waals surface area contributed by atoms with Crippen LogP contribution in [0.25, 0.3) is 21.9 Å². The van der Waals surface area contributed by atoms with Gasteiger partial charge in [-0.15, -0.1) is 0 Å². The van der Waals surface area contributed by atoms with Gasteiger partial charge in [-0.25, -0.2) is 9.97 Å². The van der Waals surface area contributed by atoms with Gasteiger partial charge in [0.05, 0.1) is 23.2 Å². The van der Waals surface area contributed by atoms with Crippen molar-refractivity contribution in [2.45, 2.75) is 38.3 Å². The van der Waals surface area contributed by atoms with E-state index in [2.05, 4.69) is 16.5 Å². The minimum atomic E-state index is -0.769. The number of nitrogen functional groups attached to an aromatic ring is 1. The van der Waals surface area contributed by atoms with Crippen LogP contribution in [0.4, 0.5) is 5.82 Å². The number of imidazole rings is 1. The van der Waals surface area contributed by atoms with Crippen molar-refractivity contribution in [2.75, 3.05) is 18.9 Å². The number of rotatable bonds is 3. The summed E-state index contributed by atoms with van der Waals surface area (Å²) < 4.78 is 7.53. The Morgan fingerprint density at radius 3 is 2.75 bits per heavy atom. The van der Waals surface area contributed by atoms with Crippen LogP contribution in [0, 0.1) is 0 Å². The highest BCUT2D eigenvalue weighted by molar-refractivity contribution is 6.06. The molecule has 0 unspecified atom stereocenters. The van der Waals surface area contributed by atoms with Gasteiger partial charge in [0, 0.05) is 37.9 Å². The van der Waals surface area contributed by atoms with Crippen molar-refractivity contribution in [1.82, 2.24) is 14.5 Å². The lowest BCUT2D eigenvalue weighted by Crippen LogP contribution is -2.40. The standard InChI is InChI=1S/C18H22N4O2/c1-2-14-21-15-16(12-5-3-4-6-13(12)20-17(15)19)22(14)11-18(23)7-9-24-10-8-18/h3-6,23H,2,7-11H2,1H3,(H2,19,20). The maximum Gasteiger partial charge on any atom is 0.152 e. The summed E-state index contributed by atoms with van der Waals surface area (Å²) >= 11 is 0. The highest BCUT2D eigenvalue weighted by Gasteiger charge is 2.32. The van der Waals surface area contributed by atoms with Gasteiger partial charge in [0.2, 0.25) is 0 Å². The monoisotopic (exact) mass is 326 g/mol. The van der Waals surface area contributed by atoms with Gasteiger partial charge in [0.1, 0.15) is 11.3 Å². The average molecular weight is 326 g/mol. The first-order valence-corrected chi connectivity index (χ1v) is 8.45. The molecular formula is C18H22N4O2. The van der Waals surface area contributed by atoms with Crippen molar-refractivity contribution in [3.05, 3.63) is 30.1 Å². The molecule has 0 radical (unpaired) electrons. The summed E-state index contributed by atoms with van der Waals surface area (Å²) in [4.78, 5) is 9.19. The maximum absolute atomic E-state index is 11.0. The molecule has 0 atom stereocenters. The van der Waals surface area contributed by atoms with Gasteiger partial charge >= 0.3 is 0 Å². The molecule has 1 aliphatic heterocycles. The van der Waals surface area contributed by atoms with Gasteiger partial charge < -0.3 is 20.1 Å². The van der Waals surface area contributed by atoms with Crippen molar-refractivity contribution in [2.24, 2.45) is 0 Å². The molecule has 1 fully saturated rings. The van der Waals surface area contributed by atoms with E-state index < -0.39 is 5.60 Å².